The molecule has 0 aliphatic carbocycles. The maximum Gasteiger partial charge on any atom is 0.0540 e. The van der Waals surface area contributed by atoms with Crippen LogP contribution in [0.15, 0.2) is 23.0 Å². The fourth-order valence-corrected chi connectivity index (χ4v) is 2.72. The van der Waals surface area contributed by atoms with Gasteiger partial charge in [-0.25, -0.2) is 0 Å². The van der Waals surface area contributed by atoms with Gasteiger partial charge in [-0.1, -0.05) is 6.92 Å². The van der Waals surface area contributed by atoms with Crippen LogP contribution in [0.4, 0.5) is 0 Å². The van der Waals surface area contributed by atoms with Crippen LogP contribution in [-0.2, 0) is 13.5 Å². The molecule has 2 aromatic rings. The van der Waals surface area contributed by atoms with Crippen LogP contribution in [0.2, 0.25) is 0 Å². The highest BCUT2D eigenvalue weighted by atomic mass is 32.1. The van der Waals surface area contributed by atoms with Crippen LogP contribution in [-0.4, -0.2) is 16.3 Å². The van der Waals surface area contributed by atoms with Crippen molar-refractivity contribution in [2.24, 2.45) is 7.05 Å². The molecule has 2 rings (SSSR count). The van der Waals surface area contributed by atoms with Gasteiger partial charge in [0, 0.05) is 24.3 Å². The molecule has 0 aliphatic rings. The van der Waals surface area contributed by atoms with Crippen molar-refractivity contribution in [1.29, 1.82) is 0 Å². The Morgan fingerprint density at radius 2 is 2.35 bits per heavy atom. The summed E-state index contributed by atoms with van der Waals surface area (Å²) in [7, 11) is 1.99. The minimum atomic E-state index is 0.364. The van der Waals surface area contributed by atoms with E-state index in [-0.39, 0.29) is 0 Å². The van der Waals surface area contributed by atoms with E-state index in [2.05, 4.69) is 41.1 Å². The van der Waals surface area contributed by atoms with Crippen molar-refractivity contribution in [3.63, 3.8) is 0 Å². The maximum atomic E-state index is 4.33. The minimum absolute atomic E-state index is 0.364. The van der Waals surface area contributed by atoms with Crippen molar-refractivity contribution in [2.45, 2.75) is 26.3 Å². The minimum Gasteiger partial charge on any atom is -0.310 e. The number of hydrogen-bond acceptors (Lipinski definition) is 3. The van der Waals surface area contributed by atoms with Crippen LogP contribution in [0, 0.1) is 6.92 Å². The van der Waals surface area contributed by atoms with Gasteiger partial charge in [-0.05, 0) is 42.3 Å². The first-order valence-corrected chi connectivity index (χ1v) is 6.89. The third kappa shape index (κ3) is 2.76. The molecule has 0 fully saturated rings. The fraction of sp³-hybridized carbons (Fsp3) is 0.462. The number of likely N-dealkylation sites (N-methyl/N-ethyl adjacent to an activating group) is 1. The van der Waals surface area contributed by atoms with E-state index in [0.29, 0.717) is 6.04 Å². The molecule has 92 valence electrons. The molecule has 3 nitrogen and oxygen atoms in total. The molecule has 0 bridgehead atoms. The van der Waals surface area contributed by atoms with Gasteiger partial charge in [0.25, 0.3) is 0 Å². The van der Waals surface area contributed by atoms with Crippen LogP contribution in [0.1, 0.15) is 29.8 Å². The largest absolute Gasteiger partial charge is 0.310 e. The van der Waals surface area contributed by atoms with E-state index >= 15 is 0 Å². The van der Waals surface area contributed by atoms with Crippen LogP contribution in [0.25, 0.3) is 0 Å². The summed E-state index contributed by atoms with van der Waals surface area (Å²) in [6.45, 7) is 5.25. The van der Waals surface area contributed by atoms with Crippen molar-refractivity contribution in [3.8, 4) is 0 Å². The summed E-state index contributed by atoms with van der Waals surface area (Å²) < 4.78 is 1.94. The van der Waals surface area contributed by atoms with Gasteiger partial charge in [0.05, 0.1) is 6.20 Å². The van der Waals surface area contributed by atoms with Crippen molar-refractivity contribution < 1.29 is 0 Å². The highest BCUT2D eigenvalue weighted by Crippen LogP contribution is 2.22. The van der Waals surface area contributed by atoms with E-state index in [0.717, 1.165) is 13.0 Å². The van der Waals surface area contributed by atoms with E-state index in [1.165, 1.54) is 16.8 Å². The van der Waals surface area contributed by atoms with E-state index < -0.39 is 0 Å². The summed E-state index contributed by atoms with van der Waals surface area (Å²) in [6, 6.07) is 2.56. The predicted octanol–water partition coefficient (Wildman–Crippen LogP) is 2.68. The van der Waals surface area contributed by atoms with Crippen molar-refractivity contribution in [3.05, 3.63) is 39.8 Å². The number of aryl methyl sites for hydroxylation is 1. The highest BCUT2D eigenvalue weighted by molar-refractivity contribution is 7.07. The molecule has 0 spiro atoms. The quantitative estimate of drug-likeness (QED) is 0.883. The molecule has 1 N–H and O–H groups in total. The lowest BCUT2D eigenvalue weighted by atomic mass is 10.0. The number of aromatic nitrogens is 2. The third-order valence-corrected chi connectivity index (χ3v) is 3.85. The average molecular weight is 249 g/mol. The predicted molar refractivity (Wildman–Crippen MR) is 72.4 cm³/mol. The van der Waals surface area contributed by atoms with Gasteiger partial charge < -0.3 is 5.32 Å². The second kappa shape index (κ2) is 5.47. The van der Waals surface area contributed by atoms with Gasteiger partial charge in [-0.2, -0.15) is 16.4 Å². The van der Waals surface area contributed by atoms with E-state index in [4.69, 9.17) is 0 Å². The van der Waals surface area contributed by atoms with Crippen LogP contribution >= 0.6 is 11.3 Å². The van der Waals surface area contributed by atoms with Crippen molar-refractivity contribution in [1.82, 2.24) is 15.1 Å². The lowest BCUT2D eigenvalue weighted by Gasteiger charge is -2.17. The zero-order valence-electron chi connectivity index (χ0n) is 10.6. The monoisotopic (exact) mass is 249 g/mol. The normalized spacial score (nSPS) is 12.9. The van der Waals surface area contributed by atoms with Crippen molar-refractivity contribution >= 4 is 11.3 Å². The van der Waals surface area contributed by atoms with Gasteiger partial charge in [-0.15, -0.1) is 0 Å². The summed E-state index contributed by atoms with van der Waals surface area (Å²) in [6.07, 6.45) is 3.01. The number of nitrogens with one attached hydrogen (secondary N) is 1. The van der Waals surface area contributed by atoms with Crippen LogP contribution < -0.4 is 5.32 Å². The summed E-state index contributed by atoms with van der Waals surface area (Å²) in [5, 5.41) is 12.2. The smallest absolute Gasteiger partial charge is 0.0540 e. The first kappa shape index (κ1) is 12.3. The number of rotatable bonds is 5. The molecule has 1 unspecified atom stereocenters. The molecule has 0 amide bonds. The van der Waals surface area contributed by atoms with Gasteiger partial charge >= 0.3 is 0 Å². The number of nitrogens with zero attached hydrogens (tertiary/aromatic N) is 2. The Labute approximate surface area is 106 Å². The van der Waals surface area contributed by atoms with E-state index in [1.807, 2.05) is 17.9 Å². The van der Waals surface area contributed by atoms with Gasteiger partial charge in [0.2, 0.25) is 0 Å². The standard InChI is InChI=1S/C13H19N3S/c1-4-14-13(7-11-5-6-17-9-11)12-8-15-16(3)10(12)2/h5-6,8-9,13-14H,4,7H2,1-3H3. The molecule has 0 aromatic carbocycles. The van der Waals surface area contributed by atoms with Crippen LogP contribution in [0.3, 0.4) is 0 Å². The summed E-state index contributed by atoms with van der Waals surface area (Å²) in [5.74, 6) is 0. The zero-order valence-corrected chi connectivity index (χ0v) is 11.4. The molecule has 0 saturated carbocycles. The Bertz CT molecular complexity index is 459. The third-order valence-electron chi connectivity index (χ3n) is 3.12. The summed E-state index contributed by atoms with van der Waals surface area (Å²) >= 11 is 1.76. The second-order valence-electron chi connectivity index (χ2n) is 4.25. The Balaban J connectivity index is 2.20. The topological polar surface area (TPSA) is 29.9 Å². The molecule has 17 heavy (non-hydrogen) atoms. The average Bonchev–Trinajstić information content (AvgIpc) is 2.91. The first-order chi connectivity index (χ1) is 8.22. The second-order valence-corrected chi connectivity index (χ2v) is 5.03. The van der Waals surface area contributed by atoms with E-state index in [1.54, 1.807) is 11.3 Å². The molecule has 2 heterocycles. The lowest BCUT2D eigenvalue weighted by Crippen LogP contribution is -2.23. The highest BCUT2D eigenvalue weighted by Gasteiger charge is 2.16. The van der Waals surface area contributed by atoms with Gasteiger partial charge in [-0.3, -0.25) is 4.68 Å². The number of thiophene rings is 1. The van der Waals surface area contributed by atoms with Gasteiger partial charge in [0.1, 0.15) is 0 Å². The molecule has 2 aromatic heterocycles. The van der Waals surface area contributed by atoms with E-state index in [9.17, 15) is 0 Å². The molecule has 0 saturated heterocycles. The Morgan fingerprint density at radius 3 is 2.88 bits per heavy atom. The maximum absolute atomic E-state index is 4.33. The first-order valence-electron chi connectivity index (χ1n) is 5.95. The van der Waals surface area contributed by atoms with Crippen LogP contribution in [0.5, 0.6) is 0 Å². The Kier molecular flexibility index (Phi) is 3.97. The molecule has 4 heteroatoms. The lowest BCUT2D eigenvalue weighted by molar-refractivity contribution is 0.546. The molecule has 1 atom stereocenters. The molecule has 0 radical (unpaired) electrons. The number of hydrogen-bond donors (Lipinski definition) is 1. The molecular weight excluding hydrogens is 230 g/mol. The zero-order chi connectivity index (χ0) is 12.3. The van der Waals surface area contributed by atoms with Crippen molar-refractivity contribution in [2.75, 3.05) is 6.54 Å². The Hall–Kier alpha value is -1.13. The SMILES string of the molecule is CCNC(Cc1ccsc1)c1cnn(C)c1C. The Morgan fingerprint density at radius 1 is 1.53 bits per heavy atom. The summed E-state index contributed by atoms with van der Waals surface area (Å²) in [5.41, 5.74) is 3.94. The summed E-state index contributed by atoms with van der Waals surface area (Å²) in [4.78, 5) is 0. The molecular formula is C13H19N3S. The fourth-order valence-electron chi connectivity index (χ4n) is 2.04. The van der Waals surface area contributed by atoms with Gasteiger partial charge in [0.15, 0.2) is 0 Å². The molecule has 0 aliphatic heterocycles.